The Morgan fingerprint density at radius 2 is 1.95 bits per heavy atom. The van der Waals surface area contributed by atoms with E-state index < -0.39 is 17.5 Å². The van der Waals surface area contributed by atoms with Gasteiger partial charge >= 0.3 is 0 Å². The first-order valence-corrected chi connectivity index (χ1v) is 5.58. The molecule has 0 radical (unpaired) electrons. The molecule has 0 unspecified atom stereocenters. The highest BCUT2D eigenvalue weighted by Crippen LogP contribution is 2.21. The molecule has 0 fully saturated rings. The number of imidazole rings is 1. The average Bonchev–Trinajstić information content (AvgIpc) is 2.74. The van der Waals surface area contributed by atoms with Crippen molar-refractivity contribution in [2.45, 2.75) is 6.92 Å². The first-order chi connectivity index (χ1) is 9.02. The second kappa shape index (κ2) is 5.17. The molecule has 1 aromatic carbocycles. The van der Waals surface area contributed by atoms with Gasteiger partial charge in [-0.3, -0.25) is 4.57 Å². The second-order valence-corrected chi connectivity index (χ2v) is 3.97. The zero-order valence-corrected chi connectivity index (χ0v) is 10.3. The van der Waals surface area contributed by atoms with Crippen LogP contribution in [0.5, 0.6) is 0 Å². The predicted molar refractivity (Wildman–Crippen MR) is 66.9 cm³/mol. The van der Waals surface area contributed by atoms with E-state index in [-0.39, 0.29) is 5.69 Å². The standard InChI is InChI=1S/C13H12F3N3/c1-3-4-17-13-18-8(2)7-19(13)9-5-10(14)12(16)11(15)6-9/h3,5-7H,1,4H2,2H3,(H,17,18). The van der Waals surface area contributed by atoms with Crippen LogP contribution in [0.25, 0.3) is 5.69 Å². The predicted octanol–water partition coefficient (Wildman–Crippen LogP) is 3.20. The third-order valence-corrected chi connectivity index (χ3v) is 2.48. The molecular weight excluding hydrogens is 255 g/mol. The summed E-state index contributed by atoms with van der Waals surface area (Å²) >= 11 is 0. The zero-order chi connectivity index (χ0) is 14.0. The zero-order valence-electron chi connectivity index (χ0n) is 10.3. The fourth-order valence-electron chi connectivity index (χ4n) is 1.66. The van der Waals surface area contributed by atoms with Crippen molar-refractivity contribution < 1.29 is 13.2 Å². The fraction of sp³-hybridized carbons (Fsp3) is 0.154. The smallest absolute Gasteiger partial charge is 0.207 e. The van der Waals surface area contributed by atoms with Crippen LogP contribution in [0.2, 0.25) is 0 Å². The Bertz CT molecular complexity index is 597. The topological polar surface area (TPSA) is 29.9 Å². The lowest BCUT2D eigenvalue weighted by molar-refractivity contribution is 0.446. The maximum atomic E-state index is 13.2. The number of hydrogen-bond donors (Lipinski definition) is 1. The summed E-state index contributed by atoms with van der Waals surface area (Å²) in [5, 5.41) is 2.93. The van der Waals surface area contributed by atoms with Crippen LogP contribution >= 0.6 is 0 Å². The lowest BCUT2D eigenvalue weighted by Gasteiger charge is -2.09. The van der Waals surface area contributed by atoms with Crippen LogP contribution in [0.3, 0.4) is 0 Å². The first-order valence-electron chi connectivity index (χ1n) is 5.58. The van der Waals surface area contributed by atoms with E-state index in [1.165, 1.54) is 4.57 Å². The fourth-order valence-corrected chi connectivity index (χ4v) is 1.66. The van der Waals surface area contributed by atoms with Crippen LogP contribution in [-0.4, -0.2) is 16.1 Å². The minimum atomic E-state index is -1.49. The van der Waals surface area contributed by atoms with Crippen molar-refractivity contribution in [1.82, 2.24) is 9.55 Å². The molecule has 0 aliphatic heterocycles. The van der Waals surface area contributed by atoms with Gasteiger partial charge in [-0.2, -0.15) is 0 Å². The number of nitrogens with one attached hydrogen (secondary N) is 1. The van der Waals surface area contributed by atoms with Gasteiger partial charge in [0.2, 0.25) is 5.95 Å². The van der Waals surface area contributed by atoms with Gasteiger partial charge in [0.15, 0.2) is 17.5 Å². The quantitative estimate of drug-likeness (QED) is 0.681. The number of halogens is 3. The summed E-state index contributed by atoms with van der Waals surface area (Å²) in [7, 11) is 0. The Morgan fingerprint density at radius 3 is 2.53 bits per heavy atom. The third-order valence-electron chi connectivity index (χ3n) is 2.48. The van der Waals surface area contributed by atoms with Gasteiger partial charge in [-0.05, 0) is 6.92 Å². The van der Waals surface area contributed by atoms with Crippen molar-refractivity contribution in [2.75, 3.05) is 11.9 Å². The molecule has 1 heterocycles. The van der Waals surface area contributed by atoms with Crippen LogP contribution in [-0.2, 0) is 0 Å². The molecule has 100 valence electrons. The molecule has 3 nitrogen and oxygen atoms in total. The van der Waals surface area contributed by atoms with E-state index in [0.29, 0.717) is 18.2 Å². The number of hydrogen-bond acceptors (Lipinski definition) is 2. The normalized spacial score (nSPS) is 10.5. The van der Waals surface area contributed by atoms with Crippen molar-refractivity contribution in [3.05, 3.63) is 54.1 Å². The molecule has 1 N–H and O–H groups in total. The molecule has 2 aromatic rings. The Hall–Kier alpha value is -2.24. The number of rotatable bonds is 4. The largest absolute Gasteiger partial charge is 0.352 e. The maximum absolute atomic E-state index is 13.2. The Morgan fingerprint density at radius 1 is 1.32 bits per heavy atom. The second-order valence-electron chi connectivity index (χ2n) is 3.97. The molecule has 0 saturated heterocycles. The Labute approximate surface area is 108 Å². The number of anilines is 1. The minimum Gasteiger partial charge on any atom is -0.352 e. The van der Waals surface area contributed by atoms with Crippen LogP contribution < -0.4 is 5.32 Å². The number of nitrogens with zero attached hydrogens (tertiary/aromatic N) is 2. The highest BCUT2D eigenvalue weighted by atomic mass is 19.2. The molecule has 0 aliphatic rings. The van der Waals surface area contributed by atoms with Crippen LogP contribution in [0, 0.1) is 24.4 Å². The van der Waals surface area contributed by atoms with Gasteiger partial charge < -0.3 is 5.32 Å². The van der Waals surface area contributed by atoms with Crippen LogP contribution in [0.4, 0.5) is 19.1 Å². The molecule has 0 spiro atoms. The maximum Gasteiger partial charge on any atom is 0.207 e. The molecule has 0 atom stereocenters. The van der Waals surface area contributed by atoms with E-state index in [1.807, 2.05) is 0 Å². The van der Waals surface area contributed by atoms with Gasteiger partial charge in [0.1, 0.15) is 0 Å². The summed E-state index contributed by atoms with van der Waals surface area (Å²) in [5.74, 6) is -3.56. The number of aromatic nitrogens is 2. The highest BCUT2D eigenvalue weighted by molar-refractivity contribution is 5.44. The third kappa shape index (κ3) is 2.62. The van der Waals surface area contributed by atoms with Gasteiger partial charge in [0.25, 0.3) is 0 Å². The average molecular weight is 267 g/mol. The first kappa shape index (κ1) is 13.2. The summed E-state index contributed by atoms with van der Waals surface area (Å²) in [4.78, 5) is 4.17. The SMILES string of the molecule is C=CCNc1nc(C)cn1-c1cc(F)c(F)c(F)c1. The molecule has 6 heteroatoms. The van der Waals surface area contributed by atoms with Crippen molar-refractivity contribution >= 4 is 5.95 Å². The molecule has 0 bridgehead atoms. The van der Waals surface area contributed by atoms with E-state index in [0.717, 1.165) is 12.1 Å². The van der Waals surface area contributed by atoms with Gasteiger partial charge in [-0.1, -0.05) is 6.08 Å². The van der Waals surface area contributed by atoms with Crippen LogP contribution in [0.15, 0.2) is 31.0 Å². The van der Waals surface area contributed by atoms with E-state index in [9.17, 15) is 13.2 Å². The molecule has 0 saturated carbocycles. The van der Waals surface area contributed by atoms with E-state index in [4.69, 9.17) is 0 Å². The highest BCUT2D eigenvalue weighted by Gasteiger charge is 2.14. The molecule has 2 rings (SSSR count). The van der Waals surface area contributed by atoms with E-state index in [1.54, 1.807) is 19.2 Å². The van der Waals surface area contributed by atoms with Crippen molar-refractivity contribution in [3.8, 4) is 5.69 Å². The lowest BCUT2D eigenvalue weighted by atomic mass is 10.3. The van der Waals surface area contributed by atoms with Gasteiger partial charge in [0.05, 0.1) is 11.4 Å². The van der Waals surface area contributed by atoms with Crippen molar-refractivity contribution in [3.63, 3.8) is 0 Å². The van der Waals surface area contributed by atoms with Gasteiger partial charge in [-0.15, -0.1) is 6.58 Å². The summed E-state index contributed by atoms with van der Waals surface area (Å²) in [6, 6.07) is 1.83. The monoisotopic (exact) mass is 267 g/mol. The number of aryl methyl sites for hydroxylation is 1. The molecule has 19 heavy (non-hydrogen) atoms. The lowest BCUT2D eigenvalue weighted by Crippen LogP contribution is -2.06. The minimum absolute atomic E-state index is 0.156. The van der Waals surface area contributed by atoms with E-state index >= 15 is 0 Å². The molecule has 1 aromatic heterocycles. The van der Waals surface area contributed by atoms with Crippen molar-refractivity contribution in [1.29, 1.82) is 0 Å². The summed E-state index contributed by atoms with van der Waals surface area (Å²) < 4.78 is 40.8. The van der Waals surface area contributed by atoms with Crippen molar-refractivity contribution in [2.24, 2.45) is 0 Å². The van der Waals surface area contributed by atoms with Gasteiger partial charge in [0, 0.05) is 24.9 Å². The summed E-state index contributed by atoms with van der Waals surface area (Å²) in [6.45, 7) is 5.74. The summed E-state index contributed by atoms with van der Waals surface area (Å²) in [5.41, 5.74) is 0.820. The number of benzene rings is 1. The van der Waals surface area contributed by atoms with Crippen LogP contribution in [0.1, 0.15) is 5.69 Å². The molecular formula is C13H12F3N3. The van der Waals surface area contributed by atoms with Gasteiger partial charge in [-0.25, -0.2) is 18.2 Å². The summed E-state index contributed by atoms with van der Waals surface area (Å²) in [6.07, 6.45) is 3.22. The Kier molecular flexibility index (Phi) is 3.59. The Balaban J connectivity index is 2.49. The molecule has 0 amide bonds. The van der Waals surface area contributed by atoms with E-state index in [2.05, 4.69) is 16.9 Å². The molecule has 0 aliphatic carbocycles.